The molecule has 1 aliphatic heterocycles. The minimum Gasteiger partial charge on any atom is -0.497 e. The molecule has 1 aromatic carbocycles. The van der Waals surface area contributed by atoms with Gasteiger partial charge in [0, 0.05) is 24.9 Å². The highest BCUT2D eigenvalue weighted by Crippen LogP contribution is 2.30. The Morgan fingerprint density at radius 3 is 3.12 bits per heavy atom. The summed E-state index contributed by atoms with van der Waals surface area (Å²) in [6.07, 6.45) is 1.24. The van der Waals surface area contributed by atoms with Crippen LogP contribution in [0.4, 0.5) is 0 Å². The molecule has 2 aromatic rings. The third-order valence-electron chi connectivity index (χ3n) is 4.11. The molecule has 1 aromatic heterocycles. The lowest BCUT2D eigenvalue weighted by atomic mass is 9.96. The summed E-state index contributed by atoms with van der Waals surface area (Å²) in [6, 6.07) is 5.85. The van der Waals surface area contributed by atoms with E-state index in [1.807, 2.05) is 25.1 Å². The van der Waals surface area contributed by atoms with Crippen molar-refractivity contribution in [3.63, 3.8) is 0 Å². The minimum absolute atomic E-state index is 0.00886. The van der Waals surface area contributed by atoms with Crippen LogP contribution >= 0.6 is 0 Å². The lowest BCUT2D eigenvalue weighted by Crippen LogP contribution is -2.35. The number of hydrogen-bond acceptors (Lipinski definition) is 6. The summed E-state index contributed by atoms with van der Waals surface area (Å²) in [5, 5.41) is 14.1. The Bertz CT molecular complexity index is 715. The van der Waals surface area contributed by atoms with Gasteiger partial charge in [0.05, 0.1) is 20.3 Å². The van der Waals surface area contributed by atoms with Gasteiger partial charge in [0.15, 0.2) is 0 Å². The first-order chi connectivity index (χ1) is 11.7. The number of hydrogen-bond donors (Lipinski definition) is 1. The molecule has 128 valence electrons. The number of fused-ring (bicyclic) bond motifs is 1. The second-order valence-electron chi connectivity index (χ2n) is 5.86. The maximum atomic E-state index is 12.0. The molecule has 1 N–H and O–H groups in total. The summed E-state index contributed by atoms with van der Waals surface area (Å²) in [4.78, 5) is 12.0. The molecule has 1 aliphatic rings. The van der Waals surface area contributed by atoms with E-state index in [2.05, 4.69) is 20.8 Å². The van der Waals surface area contributed by atoms with Gasteiger partial charge in [0.1, 0.15) is 17.3 Å². The van der Waals surface area contributed by atoms with Crippen LogP contribution in [0.3, 0.4) is 0 Å². The Balaban J connectivity index is 1.45. The molecule has 0 spiro atoms. The van der Waals surface area contributed by atoms with Crippen LogP contribution < -0.4 is 14.8 Å². The van der Waals surface area contributed by atoms with Gasteiger partial charge in [0.25, 0.3) is 0 Å². The second-order valence-corrected chi connectivity index (χ2v) is 5.86. The van der Waals surface area contributed by atoms with E-state index in [0.717, 1.165) is 23.5 Å². The smallest absolute Gasteiger partial charge is 0.221 e. The predicted octanol–water partition coefficient (Wildman–Crippen LogP) is 0.748. The summed E-state index contributed by atoms with van der Waals surface area (Å²) in [6.45, 7) is 3.48. The number of nitrogens with zero attached hydrogens (tertiary/aromatic N) is 4. The van der Waals surface area contributed by atoms with Gasteiger partial charge >= 0.3 is 0 Å². The molecule has 1 amide bonds. The first kappa shape index (κ1) is 16.2. The van der Waals surface area contributed by atoms with E-state index in [1.54, 1.807) is 11.8 Å². The van der Waals surface area contributed by atoms with Gasteiger partial charge in [-0.1, -0.05) is 6.07 Å². The molecule has 0 aliphatic carbocycles. The molecule has 0 fully saturated rings. The SMILES string of the molecule is COc1ccc2c(c1)OCC(CNC(=O)CCn1nnnc1C)C2. The highest BCUT2D eigenvalue weighted by atomic mass is 16.5. The molecule has 3 rings (SSSR count). The highest BCUT2D eigenvalue weighted by molar-refractivity contribution is 5.75. The number of carbonyl (C=O) groups excluding carboxylic acids is 1. The highest BCUT2D eigenvalue weighted by Gasteiger charge is 2.21. The Morgan fingerprint density at radius 1 is 1.50 bits per heavy atom. The van der Waals surface area contributed by atoms with Gasteiger partial charge in [-0.2, -0.15) is 0 Å². The van der Waals surface area contributed by atoms with Crippen LogP contribution in [0.15, 0.2) is 18.2 Å². The number of carbonyl (C=O) groups is 1. The molecule has 0 bridgehead atoms. The number of aryl methyl sites for hydroxylation is 2. The maximum absolute atomic E-state index is 12.0. The van der Waals surface area contributed by atoms with E-state index in [1.165, 1.54) is 0 Å². The monoisotopic (exact) mass is 331 g/mol. The van der Waals surface area contributed by atoms with Crippen LogP contribution in [-0.2, 0) is 17.8 Å². The van der Waals surface area contributed by atoms with Crippen molar-refractivity contribution in [1.82, 2.24) is 25.5 Å². The number of aromatic nitrogens is 4. The zero-order chi connectivity index (χ0) is 16.9. The van der Waals surface area contributed by atoms with Gasteiger partial charge in [0.2, 0.25) is 5.91 Å². The average molecular weight is 331 g/mol. The summed E-state index contributed by atoms with van der Waals surface area (Å²) < 4.78 is 12.6. The fraction of sp³-hybridized carbons (Fsp3) is 0.500. The van der Waals surface area contributed by atoms with E-state index < -0.39 is 0 Å². The third kappa shape index (κ3) is 3.81. The third-order valence-corrected chi connectivity index (χ3v) is 4.11. The van der Waals surface area contributed by atoms with Crippen LogP contribution in [0.2, 0.25) is 0 Å². The fourth-order valence-electron chi connectivity index (χ4n) is 2.68. The lowest BCUT2D eigenvalue weighted by Gasteiger charge is -2.25. The number of methoxy groups -OCH3 is 1. The molecule has 1 unspecified atom stereocenters. The van der Waals surface area contributed by atoms with Gasteiger partial charge in [-0.25, -0.2) is 4.68 Å². The Morgan fingerprint density at radius 2 is 2.38 bits per heavy atom. The largest absolute Gasteiger partial charge is 0.497 e. The topological polar surface area (TPSA) is 91.2 Å². The van der Waals surface area contributed by atoms with Gasteiger partial charge in [-0.15, -0.1) is 5.10 Å². The van der Waals surface area contributed by atoms with Crippen molar-refractivity contribution in [2.45, 2.75) is 26.3 Å². The van der Waals surface area contributed by atoms with Crippen LogP contribution in [-0.4, -0.2) is 46.4 Å². The lowest BCUT2D eigenvalue weighted by molar-refractivity contribution is -0.121. The van der Waals surface area contributed by atoms with E-state index in [0.29, 0.717) is 31.9 Å². The van der Waals surface area contributed by atoms with Crippen molar-refractivity contribution >= 4 is 5.91 Å². The Hall–Kier alpha value is -2.64. The van der Waals surface area contributed by atoms with Gasteiger partial charge < -0.3 is 14.8 Å². The molecular formula is C16H21N5O3. The number of ether oxygens (including phenoxy) is 2. The van der Waals surface area contributed by atoms with Gasteiger partial charge in [-0.05, 0) is 35.4 Å². The fourth-order valence-corrected chi connectivity index (χ4v) is 2.68. The zero-order valence-corrected chi connectivity index (χ0v) is 13.9. The molecule has 2 heterocycles. The van der Waals surface area contributed by atoms with Crippen molar-refractivity contribution in [2.24, 2.45) is 5.92 Å². The van der Waals surface area contributed by atoms with Crippen molar-refractivity contribution in [3.8, 4) is 11.5 Å². The number of rotatable bonds is 6. The van der Waals surface area contributed by atoms with E-state index >= 15 is 0 Å². The maximum Gasteiger partial charge on any atom is 0.221 e. The van der Waals surface area contributed by atoms with Crippen molar-refractivity contribution < 1.29 is 14.3 Å². The molecule has 0 radical (unpaired) electrons. The Labute approximate surface area is 140 Å². The van der Waals surface area contributed by atoms with E-state index in [9.17, 15) is 4.79 Å². The summed E-state index contributed by atoms with van der Waals surface area (Å²) in [7, 11) is 1.64. The van der Waals surface area contributed by atoms with Crippen LogP contribution in [0.25, 0.3) is 0 Å². The van der Waals surface area contributed by atoms with Gasteiger partial charge in [-0.3, -0.25) is 4.79 Å². The second kappa shape index (κ2) is 7.29. The van der Waals surface area contributed by atoms with Crippen LogP contribution in [0.1, 0.15) is 17.8 Å². The molecule has 8 nitrogen and oxygen atoms in total. The standard InChI is InChI=1S/C16H21N5O3/c1-11-18-19-20-21(11)6-5-16(22)17-9-12-7-13-3-4-14(23-2)8-15(13)24-10-12/h3-4,8,12H,5-7,9-10H2,1-2H3,(H,17,22). The summed E-state index contributed by atoms with van der Waals surface area (Å²) in [5.41, 5.74) is 1.14. The molecule has 1 atom stereocenters. The summed E-state index contributed by atoms with van der Waals surface area (Å²) in [5.74, 6) is 2.62. The number of nitrogens with one attached hydrogen (secondary N) is 1. The average Bonchev–Trinajstić information content (AvgIpc) is 3.02. The predicted molar refractivity (Wildman–Crippen MR) is 85.9 cm³/mol. The van der Waals surface area contributed by atoms with Crippen LogP contribution in [0.5, 0.6) is 11.5 Å². The first-order valence-electron chi connectivity index (χ1n) is 7.95. The minimum atomic E-state index is -0.00886. The number of amides is 1. The zero-order valence-electron chi connectivity index (χ0n) is 13.9. The van der Waals surface area contributed by atoms with E-state index in [4.69, 9.17) is 9.47 Å². The first-order valence-corrected chi connectivity index (χ1v) is 7.95. The van der Waals surface area contributed by atoms with Crippen molar-refractivity contribution in [1.29, 1.82) is 0 Å². The number of benzene rings is 1. The normalized spacial score (nSPS) is 16.2. The van der Waals surface area contributed by atoms with Crippen molar-refractivity contribution in [3.05, 3.63) is 29.6 Å². The van der Waals surface area contributed by atoms with Crippen molar-refractivity contribution in [2.75, 3.05) is 20.3 Å². The molecule has 24 heavy (non-hydrogen) atoms. The van der Waals surface area contributed by atoms with E-state index in [-0.39, 0.29) is 11.8 Å². The summed E-state index contributed by atoms with van der Waals surface area (Å²) >= 11 is 0. The molecule has 0 saturated heterocycles. The van der Waals surface area contributed by atoms with Crippen LogP contribution in [0, 0.1) is 12.8 Å². The molecule has 8 heteroatoms. The Kier molecular flexibility index (Phi) is 4.93. The number of tetrazole rings is 1. The molecular weight excluding hydrogens is 310 g/mol. The quantitative estimate of drug-likeness (QED) is 0.840. The molecule has 0 saturated carbocycles.